The standard InChI is InChI=1S/C16H17F2N/c1-10-8-9-14(16(18)15(10)17)13-7-5-4-6-12(13)11(2)19-3/h4-9,11,19H,1-3H3. The molecule has 2 aromatic carbocycles. The van der Waals surface area contributed by atoms with Gasteiger partial charge in [0.1, 0.15) is 0 Å². The van der Waals surface area contributed by atoms with Crippen LogP contribution in [0.25, 0.3) is 11.1 Å². The van der Waals surface area contributed by atoms with Crippen molar-refractivity contribution in [1.82, 2.24) is 5.32 Å². The molecule has 0 saturated heterocycles. The molecular formula is C16H17F2N. The Bertz CT molecular complexity index is 593. The van der Waals surface area contributed by atoms with Crippen LogP contribution in [0.3, 0.4) is 0 Å². The van der Waals surface area contributed by atoms with Gasteiger partial charge in [0.25, 0.3) is 0 Å². The van der Waals surface area contributed by atoms with Gasteiger partial charge >= 0.3 is 0 Å². The molecule has 0 aliphatic rings. The Hall–Kier alpha value is -1.74. The first-order valence-corrected chi connectivity index (χ1v) is 6.27. The van der Waals surface area contributed by atoms with Crippen LogP contribution >= 0.6 is 0 Å². The highest BCUT2D eigenvalue weighted by molar-refractivity contribution is 5.69. The molecule has 0 aliphatic heterocycles. The third-order valence-corrected chi connectivity index (χ3v) is 3.43. The normalized spacial score (nSPS) is 12.5. The monoisotopic (exact) mass is 261 g/mol. The maximum Gasteiger partial charge on any atom is 0.166 e. The Balaban J connectivity index is 2.63. The fraction of sp³-hybridized carbons (Fsp3) is 0.250. The van der Waals surface area contributed by atoms with Gasteiger partial charge in [-0.1, -0.05) is 36.4 Å². The number of nitrogens with one attached hydrogen (secondary N) is 1. The summed E-state index contributed by atoms with van der Waals surface area (Å²) in [6.45, 7) is 3.55. The predicted molar refractivity (Wildman–Crippen MR) is 74.0 cm³/mol. The first kappa shape index (κ1) is 13.7. The van der Waals surface area contributed by atoms with Gasteiger partial charge in [-0.3, -0.25) is 0 Å². The van der Waals surface area contributed by atoms with Crippen molar-refractivity contribution in [1.29, 1.82) is 0 Å². The lowest BCUT2D eigenvalue weighted by molar-refractivity contribution is 0.505. The van der Waals surface area contributed by atoms with Gasteiger partial charge in [-0.15, -0.1) is 0 Å². The van der Waals surface area contributed by atoms with Crippen molar-refractivity contribution in [2.24, 2.45) is 0 Å². The molecule has 19 heavy (non-hydrogen) atoms. The summed E-state index contributed by atoms with van der Waals surface area (Å²) in [5, 5.41) is 3.12. The molecule has 0 bridgehead atoms. The molecular weight excluding hydrogens is 244 g/mol. The molecule has 2 aromatic rings. The molecule has 1 atom stereocenters. The molecule has 0 saturated carbocycles. The zero-order valence-electron chi connectivity index (χ0n) is 11.3. The van der Waals surface area contributed by atoms with Crippen LogP contribution in [0, 0.1) is 18.6 Å². The smallest absolute Gasteiger partial charge is 0.166 e. The fourth-order valence-electron chi connectivity index (χ4n) is 2.13. The van der Waals surface area contributed by atoms with E-state index in [1.54, 1.807) is 19.1 Å². The Morgan fingerprint density at radius 1 is 0.947 bits per heavy atom. The zero-order valence-corrected chi connectivity index (χ0v) is 11.3. The van der Waals surface area contributed by atoms with Crippen molar-refractivity contribution in [3.05, 3.63) is 59.2 Å². The number of hydrogen-bond donors (Lipinski definition) is 1. The van der Waals surface area contributed by atoms with E-state index in [0.717, 1.165) is 11.1 Å². The minimum atomic E-state index is -0.782. The minimum absolute atomic E-state index is 0.0694. The van der Waals surface area contributed by atoms with Crippen LogP contribution in [0.15, 0.2) is 36.4 Å². The molecule has 1 nitrogen and oxygen atoms in total. The topological polar surface area (TPSA) is 12.0 Å². The molecule has 0 aromatic heterocycles. The second-order valence-corrected chi connectivity index (χ2v) is 4.66. The van der Waals surface area contributed by atoms with E-state index in [0.29, 0.717) is 11.1 Å². The van der Waals surface area contributed by atoms with Crippen LogP contribution in [-0.4, -0.2) is 7.05 Å². The Labute approximate surface area is 112 Å². The quantitative estimate of drug-likeness (QED) is 0.872. The Kier molecular flexibility index (Phi) is 3.96. The third-order valence-electron chi connectivity index (χ3n) is 3.43. The molecule has 1 unspecified atom stereocenters. The van der Waals surface area contributed by atoms with E-state index in [1.165, 1.54) is 0 Å². The van der Waals surface area contributed by atoms with Gasteiger partial charge in [-0.2, -0.15) is 0 Å². The van der Waals surface area contributed by atoms with Crippen LogP contribution in [-0.2, 0) is 0 Å². The van der Waals surface area contributed by atoms with Crippen molar-refractivity contribution < 1.29 is 8.78 Å². The molecule has 0 radical (unpaired) electrons. The van der Waals surface area contributed by atoms with E-state index >= 15 is 0 Å². The van der Waals surface area contributed by atoms with Crippen LogP contribution in [0.2, 0.25) is 0 Å². The van der Waals surface area contributed by atoms with E-state index in [4.69, 9.17) is 0 Å². The first-order chi connectivity index (χ1) is 9.06. The molecule has 0 aliphatic carbocycles. The first-order valence-electron chi connectivity index (χ1n) is 6.27. The van der Waals surface area contributed by atoms with Crippen molar-refractivity contribution in [2.45, 2.75) is 19.9 Å². The van der Waals surface area contributed by atoms with Gasteiger partial charge in [0.15, 0.2) is 11.6 Å². The second-order valence-electron chi connectivity index (χ2n) is 4.66. The van der Waals surface area contributed by atoms with Gasteiger partial charge < -0.3 is 5.32 Å². The number of aryl methyl sites for hydroxylation is 1. The van der Waals surface area contributed by atoms with Gasteiger partial charge in [0, 0.05) is 11.6 Å². The van der Waals surface area contributed by atoms with Crippen molar-refractivity contribution in [3.63, 3.8) is 0 Å². The number of halogens is 2. The molecule has 0 fully saturated rings. The molecule has 2 rings (SSSR count). The average molecular weight is 261 g/mol. The van der Waals surface area contributed by atoms with Gasteiger partial charge in [0.05, 0.1) is 0 Å². The summed E-state index contributed by atoms with van der Waals surface area (Å²) in [6, 6.07) is 10.8. The predicted octanol–water partition coefficient (Wildman–Crippen LogP) is 4.22. The highest BCUT2D eigenvalue weighted by atomic mass is 19.2. The van der Waals surface area contributed by atoms with Crippen LogP contribution in [0.5, 0.6) is 0 Å². The third kappa shape index (κ3) is 2.51. The maximum absolute atomic E-state index is 14.1. The lowest BCUT2D eigenvalue weighted by atomic mass is 9.94. The van der Waals surface area contributed by atoms with Crippen LogP contribution < -0.4 is 5.32 Å². The largest absolute Gasteiger partial charge is 0.313 e. The highest BCUT2D eigenvalue weighted by Gasteiger charge is 2.16. The summed E-state index contributed by atoms with van der Waals surface area (Å²) in [6.07, 6.45) is 0. The number of benzene rings is 2. The second kappa shape index (κ2) is 5.49. The van der Waals surface area contributed by atoms with Gasteiger partial charge in [0.2, 0.25) is 0 Å². The van der Waals surface area contributed by atoms with Crippen LogP contribution in [0.4, 0.5) is 8.78 Å². The van der Waals surface area contributed by atoms with Crippen molar-refractivity contribution in [3.8, 4) is 11.1 Å². The van der Waals surface area contributed by atoms with E-state index in [1.807, 2.05) is 38.2 Å². The van der Waals surface area contributed by atoms with Gasteiger partial charge in [-0.25, -0.2) is 8.78 Å². The lowest BCUT2D eigenvalue weighted by Crippen LogP contribution is -2.13. The number of rotatable bonds is 3. The number of hydrogen-bond acceptors (Lipinski definition) is 1. The molecule has 100 valence electrons. The molecule has 0 heterocycles. The Morgan fingerprint density at radius 2 is 1.63 bits per heavy atom. The minimum Gasteiger partial charge on any atom is -0.313 e. The highest BCUT2D eigenvalue weighted by Crippen LogP contribution is 2.31. The summed E-state index contributed by atoms with van der Waals surface area (Å²) < 4.78 is 27.8. The maximum atomic E-state index is 14.1. The summed E-state index contributed by atoms with van der Waals surface area (Å²) >= 11 is 0. The lowest BCUT2D eigenvalue weighted by Gasteiger charge is -2.16. The van der Waals surface area contributed by atoms with Crippen molar-refractivity contribution in [2.75, 3.05) is 7.05 Å². The van der Waals surface area contributed by atoms with Crippen molar-refractivity contribution >= 4 is 0 Å². The summed E-state index contributed by atoms with van der Waals surface area (Å²) in [5.74, 6) is -1.56. The average Bonchev–Trinajstić information content (AvgIpc) is 2.44. The Morgan fingerprint density at radius 3 is 2.32 bits per heavy atom. The van der Waals surface area contributed by atoms with E-state index in [-0.39, 0.29) is 6.04 Å². The van der Waals surface area contributed by atoms with Crippen LogP contribution in [0.1, 0.15) is 24.1 Å². The van der Waals surface area contributed by atoms with E-state index in [2.05, 4.69) is 5.32 Å². The van der Waals surface area contributed by atoms with Gasteiger partial charge in [-0.05, 0) is 37.6 Å². The zero-order chi connectivity index (χ0) is 14.0. The summed E-state index contributed by atoms with van der Waals surface area (Å²) in [5.41, 5.74) is 2.30. The summed E-state index contributed by atoms with van der Waals surface area (Å²) in [7, 11) is 1.84. The fourth-order valence-corrected chi connectivity index (χ4v) is 2.13. The van der Waals surface area contributed by atoms with E-state index < -0.39 is 11.6 Å². The molecule has 1 N–H and O–H groups in total. The summed E-state index contributed by atoms with van der Waals surface area (Å²) in [4.78, 5) is 0. The van der Waals surface area contributed by atoms with E-state index in [9.17, 15) is 8.78 Å². The molecule has 0 spiro atoms. The SMILES string of the molecule is CNC(C)c1ccccc1-c1ccc(C)c(F)c1F. The molecule has 3 heteroatoms. The molecule has 0 amide bonds.